The Kier molecular flexibility index (Phi) is 3.82. The number of ketones is 1. The molecule has 1 N–H and O–H groups in total. The molecule has 0 radical (unpaired) electrons. The van der Waals surface area contributed by atoms with Crippen LogP contribution >= 0.6 is 0 Å². The summed E-state index contributed by atoms with van der Waals surface area (Å²) >= 11 is 0. The fourth-order valence-corrected chi connectivity index (χ4v) is 2.69. The average Bonchev–Trinajstić information content (AvgIpc) is 2.74. The van der Waals surface area contributed by atoms with Gasteiger partial charge in [0, 0.05) is 30.5 Å². The first kappa shape index (κ1) is 12.2. The van der Waals surface area contributed by atoms with E-state index in [2.05, 4.69) is 37.4 Å². The van der Waals surface area contributed by atoms with Gasteiger partial charge in [0.1, 0.15) is 5.78 Å². The molecule has 1 unspecified atom stereocenters. The number of benzene rings is 1. The van der Waals surface area contributed by atoms with Gasteiger partial charge >= 0.3 is 0 Å². The molecule has 1 aliphatic heterocycles. The molecule has 1 heterocycles. The Hall–Kier alpha value is -1.31. The van der Waals surface area contributed by atoms with Crippen LogP contribution < -0.4 is 5.32 Å². The summed E-state index contributed by atoms with van der Waals surface area (Å²) in [4.78, 5) is 12.1. The van der Waals surface area contributed by atoms with Crippen molar-refractivity contribution in [1.29, 1.82) is 0 Å². The topological polar surface area (TPSA) is 29.1 Å². The van der Waals surface area contributed by atoms with Crippen LogP contribution in [0.2, 0.25) is 0 Å². The highest BCUT2D eigenvalue weighted by molar-refractivity contribution is 5.82. The summed E-state index contributed by atoms with van der Waals surface area (Å²) in [6, 6.07) is 8.33. The summed E-state index contributed by atoms with van der Waals surface area (Å²) < 4.78 is 0. The number of para-hydroxylation sites is 1. The first-order valence-electron chi connectivity index (χ1n) is 6.61. The third-order valence-corrected chi connectivity index (χ3v) is 3.83. The molecule has 0 bridgehead atoms. The summed E-state index contributed by atoms with van der Waals surface area (Å²) in [5.74, 6) is 1.06. The van der Waals surface area contributed by atoms with Crippen LogP contribution in [0.5, 0.6) is 0 Å². The number of carbonyl (C=O) groups excluding carboxylic acids is 1. The molecule has 0 amide bonds. The third kappa shape index (κ3) is 2.51. The molecule has 0 saturated heterocycles. The van der Waals surface area contributed by atoms with Crippen LogP contribution in [0.4, 0.5) is 5.69 Å². The van der Waals surface area contributed by atoms with E-state index in [1.807, 2.05) is 6.07 Å². The zero-order chi connectivity index (χ0) is 12.3. The normalized spacial score (nSPS) is 17.9. The van der Waals surface area contributed by atoms with Gasteiger partial charge in [0.15, 0.2) is 0 Å². The van der Waals surface area contributed by atoms with Crippen LogP contribution in [0.15, 0.2) is 24.3 Å². The largest absolute Gasteiger partial charge is 0.384 e. The third-order valence-electron chi connectivity index (χ3n) is 3.83. The highest BCUT2D eigenvalue weighted by Gasteiger charge is 2.26. The molecular formula is C15H21NO. The minimum Gasteiger partial charge on any atom is -0.384 e. The van der Waals surface area contributed by atoms with Gasteiger partial charge in [0.25, 0.3) is 0 Å². The SMILES string of the molecule is CCC(CC)C(=O)CC1CNc2ccccc21. The molecule has 1 aromatic carbocycles. The molecule has 2 heteroatoms. The van der Waals surface area contributed by atoms with Crippen LogP contribution in [0, 0.1) is 5.92 Å². The van der Waals surface area contributed by atoms with Gasteiger partial charge in [-0.05, 0) is 24.5 Å². The van der Waals surface area contributed by atoms with Crippen molar-refractivity contribution in [3.8, 4) is 0 Å². The lowest BCUT2D eigenvalue weighted by atomic mass is 9.88. The molecule has 1 aromatic rings. The van der Waals surface area contributed by atoms with Crippen LogP contribution in [-0.4, -0.2) is 12.3 Å². The van der Waals surface area contributed by atoms with Gasteiger partial charge in [0.2, 0.25) is 0 Å². The first-order chi connectivity index (χ1) is 8.26. The Morgan fingerprint density at radius 2 is 2.06 bits per heavy atom. The molecule has 0 aromatic heterocycles. The molecule has 0 aliphatic carbocycles. The number of rotatable bonds is 5. The van der Waals surface area contributed by atoms with Crippen molar-refractivity contribution >= 4 is 11.5 Å². The molecule has 17 heavy (non-hydrogen) atoms. The van der Waals surface area contributed by atoms with Crippen molar-refractivity contribution in [3.63, 3.8) is 0 Å². The van der Waals surface area contributed by atoms with Gasteiger partial charge in [-0.3, -0.25) is 4.79 Å². The Bertz CT molecular complexity index is 396. The maximum absolute atomic E-state index is 12.1. The first-order valence-corrected chi connectivity index (χ1v) is 6.61. The number of carbonyl (C=O) groups is 1. The van der Waals surface area contributed by atoms with Crippen LogP contribution in [-0.2, 0) is 4.79 Å². The summed E-state index contributed by atoms with van der Waals surface area (Å²) in [6.45, 7) is 5.12. The number of nitrogens with one attached hydrogen (secondary N) is 1. The van der Waals surface area contributed by atoms with Crippen LogP contribution in [0.25, 0.3) is 0 Å². The Morgan fingerprint density at radius 3 is 2.76 bits per heavy atom. The highest BCUT2D eigenvalue weighted by Crippen LogP contribution is 2.34. The smallest absolute Gasteiger partial charge is 0.136 e. The van der Waals surface area contributed by atoms with E-state index >= 15 is 0 Å². The lowest BCUT2D eigenvalue weighted by Gasteiger charge is -2.14. The predicted octanol–water partition coefficient (Wildman–Crippen LogP) is 3.59. The molecule has 1 aliphatic rings. The number of Topliss-reactive ketones (excluding diaryl/α,β-unsaturated/α-hetero) is 1. The average molecular weight is 231 g/mol. The van der Waals surface area contributed by atoms with Crippen molar-refractivity contribution in [3.05, 3.63) is 29.8 Å². The number of fused-ring (bicyclic) bond motifs is 1. The Balaban J connectivity index is 2.04. The second-order valence-corrected chi connectivity index (χ2v) is 4.85. The van der Waals surface area contributed by atoms with Gasteiger partial charge in [-0.2, -0.15) is 0 Å². The standard InChI is InChI=1S/C15H21NO/c1-3-11(4-2)15(17)9-12-10-16-14-8-6-5-7-13(12)14/h5-8,11-12,16H,3-4,9-10H2,1-2H3. The predicted molar refractivity (Wildman–Crippen MR) is 71.4 cm³/mol. The molecule has 0 fully saturated rings. The van der Waals surface area contributed by atoms with E-state index in [9.17, 15) is 4.79 Å². The van der Waals surface area contributed by atoms with Gasteiger partial charge in [-0.15, -0.1) is 0 Å². The summed E-state index contributed by atoms with van der Waals surface area (Å²) in [7, 11) is 0. The second-order valence-electron chi connectivity index (χ2n) is 4.85. The van der Waals surface area contributed by atoms with Crippen molar-refractivity contribution < 1.29 is 4.79 Å². The lowest BCUT2D eigenvalue weighted by Crippen LogP contribution is -2.17. The van der Waals surface area contributed by atoms with E-state index in [0.717, 1.165) is 19.4 Å². The minimum atomic E-state index is 0.253. The van der Waals surface area contributed by atoms with E-state index in [0.29, 0.717) is 18.1 Å². The monoisotopic (exact) mass is 231 g/mol. The van der Waals surface area contributed by atoms with E-state index in [1.54, 1.807) is 0 Å². The Morgan fingerprint density at radius 1 is 1.35 bits per heavy atom. The number of anilines is 1. The van der Waals surface area contributed by atoms with E-state index in [4.69, 9.17) is 0 Å². The van der Waals surface area contributed by atoms with Gasteiger partial charge in [0.05, 0.1) is 0 Å². The zero-order valence-electron chi connectivity index (χ0n) is 10.7. The van der Waals surface area contributed by atoms with E-state index in [1.165, 1.54) is 11.3 Å². The minimum absolute atomic E-state index is 0.253. The molecule has 0 spiro atoms. The van der Waals surface area contributed by atoms with Gasteiger partial charge < -0.3 is 5.32 Å². The van der Waals surface area contributed by atoms with Crippen molar-refractivity contribution in [2.75, 3.05) is 11.9 Å². The van der Waals surface area contributed by atoms with Gasteiger partial charge in [-0.1, -0.05) is 32.0 Å². The second kappa shape index (κ2) is 5.35. The van der Waals surface area contributed by atoms with Crippen LogP contribution in [0.3, 0.4) is 0 Å². The fourth-order valence-electron chi connectivity index (χ4n) is 2.69. The number of hydrogen-bond donors (Lipinski definition) is 1. The fraction of sp³-hybridized carbons (Fsp3) is 0.533. The maximum atomic E-state index is 12.1. The Labute approximate surface area is 103 Å². The molecular weight excluding hydrogens is 210 g/mol. The summed E-state index contributed by atoms with van der Waals surface area (Å²) in [6.07, 6.45) is 2.63. The van der Waals surface area contributed by atoms with E-state index in [-0.39, 0.29) is 5.92 Å². The summed E-state index contributed by atoms with van der Waals surface area (Å²) in [5.41, 5.74) is 2.52. The highest BCUT2D eigenvalue weighted by atomic mass is 16.1. The zero-order valence-corrected chi connectivity index (χ0v) is 10.7. The molecule has 92 valence electrons. The summed E-state index contributed by atoms with van der Waals surface area (Å²) in [5, 5.41) is 3.38. The number of hydrogen-bond acceptors (Lipinski definition) is 2. The quantitative estimate of drug-likeness (QED) is 0.839. The molecule has 2 rings (SSSR count). The molecule has 0 saturated carbocycles. The van der Waals surface area contributed by atoms with Crippen LogP contribution in [0.1, 0.15) is 44.6 Å². The molecule has 1 atom stereocenters. The van der Waals surface area contributed by atoms with E-state index < -0.39 is 0 Å². The lowest BCUT2D eigenvalue weighted by molar-refractivity contribution is -0.123. The molecule has 2 nitrogen and oxygen atoms in total. The van der Waals surface area contributed by atoms with Crippen molar-refractivity contribution in [2.24, 2.45) is 5.92 Å². The van der Waals surface area contributed by atoms with Crippen molar-refractivity contribution in [2.45, 2.75) is 39.0 Å². The maximum Gasteiger partial charge on any atom is 0.136 e. The van der Waals surface area contributed by atoms with Crippen molar-refractivity contribution in [1.82, 2.24) is 0 Å². The van der Waals surface area contributed by atoms with Gasteiger partial charge in [-0.25, -0.2) is 0 Å².